The van der Waals surface area contributed by atoms with Gasteiger partial charge in [-0.05, 0) is 61.3 Å². The van der Waals surface area contributed by atoms with Gasteiger partial charge in [-0.2, -0.15) is 0 Å². The summed E-state index contributed by atoms with van der Waals surface area (Å²) < 4.78 is 3.90. The largest absolute Gasteiger partial charge is 0.340 e. The first kappa shape index (κ1) is 21.3. The summed E-state index contributed by atoms with van der Waals surface area (Å²) in [5.41, 5.74) is 2.26. The van der Waals surface area contributed by atoms with Crippen molar-refractivity contribution >= 4 is 46.3 Å². The smallest absolute Gasteiger partial charge is 0.269 e. The highest BCUT2D eigenvalue weighted by Crippen LogP contribution is 2.22. The molecule has 0 saturated heterocycles. The SMILES string of the molecule is CCCc1nnsc1C(=O)Nc1ccc(Nc2cc(Nc3ccccn3)nc(C)n2)cc1. The summed E-state index contributed by atoms with van der Waals surface area (Å²) in [7, 11) is 0. The van der Waals surface area contributed by atoms with Crippen LogP contribution in [0.2, 0.25) is 0 Å². The minimum absolute atomic E-state index is 0.194. The second-order valence-corrected chi connectivity index (χ2v) is 7.73. The van der Waals surface area contributed by atoms with Crippen molar-refractivity contribution in [3.63, 3.8) is 0 Å². The summed E-state index contributed by atoms with van der Waals surface area (Å²) in [5.74, 6) is 2.42. The molecular weight excluding hydrogens is 424 g/mol. The monoisotopic (exact) mass is 446 g/mol. The molecule has 0 atom stereocenters. The summed E-state index contributed by atoms with van der Waals surface area (Å²) in [6.07, 6.45) is 3.36. The van der Waals surface area contributed by atoms with E-state index >= 15 is 0 Å². The molecule has 3 aromatic heterocycles. The zero-order valence-electron chi connectivity index (χ0n) is 17.7. The van der Waals surface area contributed by atoms with Crippen molar-refractivity contribution in [3.8, 4) is 0 Å². The minimum atomic E-state index is -0.194. The number of amides is 1. The molecule has 32 heavy (non-hydrogen) atoms. The first-order valence-corrected chi connectivity index (χ1v) is 10.9. The number of aryl methyl sites for hydroxylation is 2. The van der Waals surface area contributed by atoms with Crippen LogP contribution in [0.5, 0.6) is 0 Å². The third-order valence-corrected chi connectivity index (χ3v) is 5.19. The number of hydrogen-bond donors (Lipinski definition) is 3. The number of anilines is 5. The highest BCUT2D eigenvalue weighted by atomic mass is 32.1. The molecule has 0 bridgehead atoms. The molecule has 4 aromatic rings. The maximum absolute atomic E-state index is 12.5. The Balaban J connectivity index is 1.42. The molecule has 0 saturated carbocycles. The standard InChI is InChI=1S/C22H22N8OS/c1-3-6-17-21(32-30-29-17)22(31)27-16-10-8-15(9-11-16)26-19-13-20(25-14(2)24-19)28-18-7-4-5-12-23-18/h4-5,7-13H,3,6H2,1-2H3,(H,27,31)(H2,23,24,25,26,28). The summed E-state index contributed by atoms with van der Waals surface area (Å²) >= 11 is 1.11. The number of benzene rings is 1. The molecule has 1 aromatic carbocycles. The fourth-order valence-corrected chi connectivity index (χ4v) is 3.62. The Hall–Kier alpha value is -3.92. The predicted octanol–water partition coefficient (Wildman–Crippen LogP) is 4.72. The predicted molar refractivity (Wildman–Crippen MR) is 126 cm³/mol. The van der Waals surface area contributed by atoms with Crippen LogP contribution in [0.25, 0.3) is 0 Å². The minimum Gasteiger partial charge on any atom is -0.340 e. The fourth-order valence-electron chi connectivity index (χ4n) is 3.02. The summed E-state index contributed by atoms with van der Waals surface area (Å²) in [5, 5.41) is 13.4. The lowest BCUT2D eigenvalue weighted by atomic mass is 10.2. The van der Waals surface area contributed by atoms with Crippen LogP contribution >= 0.6 is 11.5 Å². The van der Waals surface area contributed by atoms with Crippen molar-refractivity contribution in [1.82, 2.24) is 24.5 Å². The lowest BCUT2D eigenvalue weighted by Gasteiger charge is -2.11. The molecule has 4 rings (SSSR count). The van der Waals surface area contributed by atoms with Crippen LogP contribution < -0.4 is 16.0 Å². The molecule has 1 amide bonds. The summed E-state index contributed by atoms with van der Waals surface area (Å²) in [4.78, 5) is 26.2. The van der Waals surface area contributed by atoms with Crippen molar-refractivity contribution in [1.29, 1.82) is 0 Å². The van der Waals surface area contributed by atoms with Gasteiger partial charge in [0.25, 0.3) is 5.91 Å². The van der Waals surface area contributed by atoms with E-state index in [9.17, 15) is 4.79 Å². The Morgan fingerprint density at radius 3 is 2.44 bits per heavy atom. The molecule has 162 valence electrons. The van der Waals surface area contributed by atoms with Gasteiger partial charge < -0.3 is 16.0 Å². The summed E-state index contributed by atoms with van der Waals surface area (Å²) in [6, 6.07) is 14.8. The van der Waals surface area contributed by atoms with Crippen molar-refractivity contribution in [3.05, 3.63) is 71.1 Å². The quantitative estimate of drug-likeness (QED) is 0.356. The molecule has 9 nitrogen and oxygen atoms in total. The van der Waals surface area contributed by atoms with Crippen molar-refractivity contribution in [2.75, 3.05) is 16.0 Å². The van der Waals surface area contributed by atoms with E-state index in [1.807, 2.05) is 62.4 Å². The van der Waals surface area contributed by atoms with Gasteiger partial charge in [0.2, 0.25) is 0 Å². The first-order chi connectivity index (χ1) is 15.6. The number of aromatic nitrogens is 5. The van der Waals surface area contributed by atoms with Gasteiger partial charge in [0.15, 0.2) is 0 Å². The number of carbonyl (C=O) groups excluding carboxylic acids is 1. The molecule has 0 aliphatic heterocycles. The molecule has 0 unspecified atom stereocenters. The molecule has 0 spiro atoms. The number of nitrogens with zero attached hydrogens (tertiary/aromatic N) is 5. The zero-order valence-corrected chi connectivity index (χ0v) is 18.5. The first-order valence-electron chi connectivity index (χ1n) is 10.1. The van der Waals surface area contributed by atoms with Crippen molar-refractivity contribution in [2.45, 2.75) is 26.7 Å². The number of carbonyl (C=O) groups is 1. The molecule has 0 aliphatic rings. The van der Waals surface area contributed by atoms with Crippen LogP contribution in [0.3, 0.4) is 0 Å². The van der Waals surface area contributed by atoms with E-state index in [-0.39, 0.29) is 5.91 Å². The van der Waals surface area contributed by atoms with Crippen LogP contribution in [0.15, 0.2) is 54.7 Å². The average molecular weight is 447 g/mol. The molecule has 0 fully saturated rings. The average Bonchev–Trinajstić information content (AvgIpc) is 3.24. The van der Waals surface area contributed by atoms with E-state index in [1.54, 1.807) is 6.20 Å². The van der Waals surface area contributed by atoms with Gasteiger partial charge in [0.05, 0.1) is 5.69 Å². The third kappa shape index (κ3) is 5.41. The number of pyridine rings is 1. The van der Waals surface area contributed by atoms with E-state index < -0.39 is 0 Å². The van der Waals surface area contributed by atoms with Gasteiger partial charge in [0, 0.05) is 23.6 Å². The van der Waals surface area contributed by atoms with Gasteiger partial charge in [-0.25, -0.2) is 15.0 Å². The maximum Gasteiger partial charge on any atom is 0.269 e. The molecule has 0 radical (unpaired) electrons. The Kier molecular flexibility index (Phi) is 6.61. The Morgan fingerprint density at radius 1 is 0.969 bits per heavy atom. The van der Waals surface area contributed by atoms with Crippen LogP contribution in [-0.2, 0) is 6.42 Å². The van der Waals surface area contributed by atoms with Crippen molar-refractivity contribution < 1.29 is 4.79 Å². The Bertz CT molecular complexity index is 1190. The second kappa shape index (κ2) is 9.92. The van der Waals surface area contributed by atoms with Crippen LogP contribution in [0.4, 0.5) is 28.8 Å². The van der Waals surface area contributed by atoms with Gasteiger partial charge >= 0.3 is 0 Å². The highest BCUT2D eigenvalue weighted by molar-refractivity contribution is 7.08. The maximum atomic E-state index is 12.5. The Morgan fingerprint density at radius 2 is 1.72 bits per heavy atom. The molecule has 10 heteroatoms. The molecular formula is C22H22N8OS. The highest BCUT2D eigenvalue weighted by Gasteiger charge is 2.15. The Labute approximate surface area is 189 Å². The van der Waals surface area contributed by atoms with E-state index in [1.165, 1.54) is 0 Å². The van der Waals surface area contributed by atoms with E-state index in [0.717, 1.165) is 35.8 Å². The zero-order chi connectivity index (χ0) is 22.3. The van der Waals surface area contributed by atoms with Gasteiger partial charge in [-0.3, -0.25) is 4.79 Å². The fraction of sp³-hybridized carbons (Fsp3) is 0.182. The second-order valence-electron chi connectivity index (χ2n) is 6.98. The van der Waals surface area contributed by atoms with Crippen molar-refractivity contribution in [2.24, 2.45) is 0 Å². The summed E-state index contributed by atoms with van der Waals surface area (Å²) in [6.45, 7) is 3.87. The lowest BCUT2D eigenvalue weighted by Crippen LogP contribution is -2.12. The number of rotatable bonds is 8. The van der Waals surface area contributed by atoms with Gasteiger partial charge in [0.1, 0.15) is 28.2 Å². The topological polar surface area (TPSA) is 118 Å². The van der Waals surface area contributed by atoms with Gasteiger partial charge in [-0.15, -0.1) is 5.10 Å². The number of nitrogens with one attached hydrogen (secondary N) is 3. The molecule has 0 aliphatic carbocycles. The van der Waals surface area contributed by atoms with Crippen LogP contribution in [0.1, 0.15) is 34.5 Å². The number of hydrogen-bond acceptors (Lipinski definition) is 9. The van der Waals surface area contributed by atoms with Gasteiger partial charge in [-0.1, -0.05) is 23.9 Å². The van der Waals surface area contributed by atoms with E-state index in [0.29, 0.717) is 33.8 Å². The third-order valence-electron chi connectivity index (χ3n) is 4.42. The lowest BCUT2D eigenvalue weighted by molar-refractivity contribution is 0.102. The normalized spacial score (nSPS) is 10.6. The van der Waals surface area contributed by atoms with Crippen LogP contribution in [0, 0.1) is 6.92 Å². The molecule has 3 N–H and O–H groups in total. The van der Waals surface area contributed by atoms with E-state index in [4.69, 9.17) is 0 Å². The molecule has 3 heterocycles. The van der Waals surface area contributed by atoms with E-state index in [2.05, 4.69) is 40.5 Å². The van der Waals surface area contributed by atoms with Crippen LogP contribution in [-0.4, -0.2) is 30.4 Å².